The van der Waals surface area contributed by atoms with Crippen molar-refractivity contribution in [1.29, 1.82) is 0 Å². The summed E-state index contributed by atoms with van der Waals surface area (Å²) in [6.07, 6.45) is 4.66. The monoisotopic (exact) mass is 426 g/mol. The lowest BCUT2D eigenvalue weighted by molar-refractivity contribution is -0.137. The van der Waals surface area contributed by atoms with Crippen molar-refractivity contribution in [2.75, 3.05) is 13.7 Å². The van der Waals surface area contributed by atoms with E-state index >= 15 is 0 Å². The van der Waals surface area contributed by atoms with E-state index in [1.807, 2.05) is 53.4 Å². The molecule has 1 aliphatic carbocycles. The lowest BCUT2D eigenvalue weighted by Gasteiger charge is -2.27. The molecule has 1 atom stereocenters. The molecule has 158 valence electrons. The third kappa shape index (κ3) is 4.78. The fraction of sp³-hybridized carbons (Fsp3) is 0.417. The van der Waals surface area contributed by atoms with Gasteiger partial charge in [0.1, 0.15) is 5.75 Å². The van der Waals surface area contributed by atoms with Gasteiger partial charge in [-0.2, -0.15) is 0 Å². The third-order valence-electron chi connectivity index (χ3n) is 5.87. The minimum atomic E-state index is -0.174. The molecule has 4 rings (SSSR count). The number of amides is 1. The first-order chi connectivity index (χ1) is 14.6. The van der Waals surface area contributed by atoms with Gasteiger partial charge in [0, 0.05) is 29.5 Å². The number of hydrogen-bond acceptors (Lipinski definition) is 4. The van der Waals surface area contributed by atoms with Crippen molar-refractivity contribution in [2.45, 2.75) is 44.8 Å². The summed E-state index contributed by atoms with van der Waals surface area (Å²) in [5.74, 6) is 1.12. The van der Waals surface area contributed by atoms with Crippen LogP contribution in [0, 0.1) is 5.92 Å². The molecule has 1 aliphatic heterocycles. The lowest BCUT2D eigenvalue weighted by atomic mass is 10.0. The Hall–Kier alpha value is -2.53. The Kier molecular flexibility index (Phi) is 6.58. The maximum atomic E-state index is 13.3. The van der Waals surface area contributed by atoms with Crippen LogP contribution in [-0.2, 0) is 16.2 Å². The van der Waals surface area contributed by atoms with Crippen molar-refractivity contribution in [2.24, 2.45) is 11.1 Å². The molecule has 2 aliphatic rings. The predicted molar refractivity (Wildman–Crippen MR) is 118 cm³/mol. The summed E-state index contributed by atoms with van der Waals surface area (Å²) in [5.41, 5.74) is 2.77. The van der Waals surface area contributed by atoms with E-state index in [1.165, 1.54) is 0 Å². The summed E-state index contributed by atoms with van der Waals surface area (Å²) in [6, 6.07) is 15.5. The molecule has 30 heavy (non-hydrogen) atoms. The molecule has 1 heterocycles. The maximum absolute atomic E-state index is 13.3. The van der Waals surface area contributed by atoms with Crippen LogP contribution in [0.5, 0.6) is 5.75 Å². The second kappa shape index (κ2) is 9.52. The predicted octanol–water partition coefficient (Wildman–Crippen LogP) is 5.06. The smallest absolute Gasteiger partial charge is 0.226 e. The summed E-state index contributed by atoms with van der Waals surface area (Å²) in [6.45, 7) is 1.04. The molecule has 0 spiro atoms. The zero-order valence-electron chi connectivity index (χ0n) is 17.2. The van der Waals surface area contributed by atoms with Crippen molar-refractivity contribution in [3.05, 3.63) is 64.7 Å². The first-order valence-electron chi connectivity index (χ1n) is 10.5. The van der Waals surface area contributed by atoms with Crippen LogP contribution in [0.25, 0.3) is 0 Å². The number of halogens is 1. The van der Waals surface area contributed by atoms with Crippen molar-refractivity contribution < 1.29 is 14.4 Å². The highest BCUT2D eigenvalue weighted by Gasteiger charge is 2.32. The molecule has 2 aromatic rings. The average Bonchev–Trinajstić information content (AvgIpc) is 3.46. The lowest BCUT2D eigenvalue weighted by Crippen LogP contribution is -2.40. The molecule has 0 radical (unpaired) electrons. The van der Waals surface area contributed by atoms with Gasteiger partial charge in [-0.15, -0.1) is 0 Å². The molecule has 0 bridgehead atoms. The van der Waals surface area contributed by atoms with Crippen molar-refractivity contribution in [3.63, 3.8) is 0 Å². The third-order valence-corrected chi connectivity index (χ3v) is 6.20. The van der Waals surface area contributed by atoms with E-state index in [4.69, 9.17) is 21.2 Å². The van der Waals surface area contributed by atoms with Crippen LogP contribution in [0.1, 0.15) is 43.2 Å². The molecule has 5 nitrogen and oxygen atoms in total. The van der Waals surface area contributed by atoms with Gasteiger partial charge in [-0.25, -0.2) is 0 Å². The average molecular weight is 427 g/mol. The van der Waals surface area contributed by atoms with Gasteiger partial charge in [0.2, 0.25) is 5.91 Å². The molecule has 2 aromatic carbocycles. The Bertz CT molecular complexity index is 924. The Morgan fingerprint density at radius 2 is 2.00 bits per heavy atom. The van der Waals surface area contributed by atoms with Gasteiger partial charge in [-0.1, -0.05) is 59.9 Å². The fourth-order valence-corrected chi connectivity index (χ4v) is 4.53. The Balaban J connectivity index is 1.47. The zero-order valence-corrected chi connectivity index (χ0v) is 18.0. The molecule has 0 aromatic heterocycles. The van der Waals surface area contributed by atoms with Crippen LogP contribution in [0.4, 0.5) is 0 Å². The van der Waals surface area contributed by atoms with Crippen LogP contribution in [0.3, 0.4) is 0 Å². The van der Waals surface area contributed by atoms with Gasteiger partial charge < -0.3 is 14.5 Å². The van der Waals surface area contributed by atoms with Gasteiger partial charge in [-0.3, -0.25) is 4.79 Å². The van der Waals surface area contributed by atoms with E-state index in [0.717, 1.165) is 48.3 Å². The van der Waals surface area contributed by atoms with Crippen LogP contribution >= 0.6 is 11.6 Å². The normalized spacial score (nSPS) is 18.7. The summed E-state index contributed by atoms with van der Waals surface area (Å²) < 4.78 is 5.35. The summed E-state index contributed by atoms with van der Waals surface area (Å²) >= 11 is 6.32. The second-order valence-electron chi connectivity index (χ2n) is 8.00. The Morgan fingerprint density at radius 3 is 2.77 bits per heavy atom. The molecule has 0 saturated heterocycles. The molecule has 6 heteroatoms. The van der Waals surface area contributed by atoms with Crippen LogP contribution < -0.4 is 4.74 Å². The minimum Gasteiger partial charge on any atom is -0.497 e. The number of rotatable bonds is 7. The summed E-state index contributed by atoms with van der Waals surface area (Å²) in [7, 11) is 1.65. The van der Waals surface area contributed by atoms with E-state index in [1.54, 1.807) is 7.11 Å². The van der Waals surface area contributed by atoms with Crippen LogP contribution in [0.2, 0.25) is 5.02 Å². The fourth-order valence-electron chi connectivity index (χ4n) is 4.28. The van der Waals surface area contributed by atoms with Crippen LogP contribution in [-0.4, -0.2) is 36.3 Å². The molecule has 1 amide bonds. The van der Waals surface area contributed by atoms with Crippen molar-refractivity contribution >= 4 is 23.2 Å². The highest BCUT2D eigenvalue weighted by molar-refractivity contribution is 6.34. The number of benzene rings is 2. The highest BCUT2D eigenvalue weighted by atomic mass is 35.5. The molecule has 0 unspecified atom stereocenters. The number of ether oxygens (including phenoxy) is 1. The van der Waals surface area contributed by atoms with Crippen LogP contribution in [0.15, 0.2) is 53.7 Å². The highest BCUT2D eigenvalue weighted by Crippen LogP contribution is 2.29. The van der Waals surface area contributed by atoms with Gasteiger partial charge in [0.25, 0.3) is 0 Å². The standard InChI is InChI=1S/C24H27ClN2O3/c1-29-19-10-6-7-17(13-19)15-27(24(28)18-8-2-3-9-18)16-20-14-23(26-30-20)21-11-4-5-12-22(21)25/h4-7,10-13,18,20H,2-3,8-9,14-16H2,1H3/t20-/m0/s1. The first-order valence-corrected chi connectivity index (χ1v) is 10.9. The van der Waals surface area contributed by atoms with E-state index in [-0.39, 0.29) is 17.9 Å². The van der Waals surface area contributed by atoms with E-state index in [0.29, 0.717) is 24.5 Å². The molecular weight excluding hydrogens is 400 g/mol. The maximum Gasteiger partial charge on any atom is 0.226 e. The molecule has 0 N–H and O–H groups in total. The number of methoxy groups -OCH3 is 1. The minimum absolute atomic E-state index is 0.112. The number of hydrogen-bond donors (Lipinski definition) is 0. The van der Waals surface area contributed by atoms with E-state index < -0.39 is 0 Å². The van der Waals surface area contributed by atoms with E-state index in [2.05, 4.69) is 5.16 Å². The van der Waals surface area contributed by atoms with Crippen molar-refractivity contribution in [3.8, 4) is 5.75 Å². The van der Waals surface area contributed by atoms with Gasteiger partial charge in [0.15, 0.2) is 6.10 Å². The van der Waals surface area contributed by atoms with Gasteiger partial charge >= 0.3 is 0 Å². The van der Waals surface area contributed by atoms with Crippen molar-refractivity contribution in [1.82, 2.24) is 4.90 Å². The number of carbonyl (C=O) groups is 1. The zero-order chi connectivity index (χ0) is 20.9. The largest absolute Gasteiger partial charge is 0.497 e. The molecule has 1 fully saturated rings. The van der Waals surface area contributed by atoms with Gasteiger partial charge in [-0.05, 0) is 36.6 Å². The van der Waals surface area contributed by atoms with E-state index in [9.17, 15) is 4.79 Å². The van der Waals surface area contributed by atoms with Gasteiger partial charge in [0.05, 0.1) is 19.4 Å². The quantitative estimate of drug-likeness (QED) is 0.621. The molecule has 1 saturated carbocycles. The topological polar surface area (TPSA) is 51.1 Å². The second-order valence-corrected chi connectivity index (χ2v) is 8.41. The molecular formula is C24H27ClN2O3. The SMILES string of the molecule is COc1cccc(CN(C[C@@H]2CC(c3ccccc3Cl)=NO2)C(=O)C2CCCC2)c1. The first kappa shape index (κ1) is 20.7. The number of oxime groups is 1. The number of carbonyl (C=O) groups excluding carboxylic acids is 1. The Labute approximate surface area is 182 Å². The summed E-state index contributed by atoms with van der Waals surface area (Å²) in [5, 5.41) is 4.93. The number of nitrogens with zero attached hydrogens (tertiary/aromatic N) is 2. The Morgan fingerprint density at radius 1 is 1.20 bits per heavy atom. The summed E-state index contributed by atoms with van der Waals surface area (Å²) in [4.78, 5) is 20.9.